The van der Waals surface area contributed by atoms with Crippen LogP contribution in [-0.4, -0.2) is 23.8 Å². The topological polar surface area (TPSA) is 44.1 Å². The molecule has 2 rings (SSSR count). The molecular weight excluding hydrogens is 224 g/mol. The minimum Gasteiger partial charge on any atom is -0.300 e. The molecule has 1 saturated carbocycles. The van der Waals surface area contributed by atoms with Crippen molar-refractivity contribution in [3.63, 3.8) is 0 Å². The molecule has 0 N–H and O–H groups in total. The van der Waals surface area contributed by atoms with Crippen LogP contribution in [0.15, 0.2) is 24.3 Å². The van der Waals surface area contributed by atoms with Crippen LogP contribution in [0, 0.1) is 11.3 Å². The minimum absolute atomic E-state index is 0.386. The average Bonchev–Trinajstić information content (AvgIpc) is 2.40. The first kappa shape index (κ1) is 12.8. The van der Waals surface area contributed by atoms with E-state index in [2.05, 4.69) is 18.0 Å². The molecule has 3 heteroatoms. The van der Waals surface area contributed by atoms with Gasteiger partial charge >= 0.3 is 0 Å². The lowest BCUT2D eigenvalue weighted by atomic mass is 9.93. The van der Waals surface area contributed by atoms with Gasteiger partial charge in [-0.2, -0.15) is 5.26 Å². The van der Waals surface area contributed by atoms with Gasteiger partial charge in [-0.15, -0.1) is 0 Å². The van der Waals surface area contributed by atoms with E-state index in [4.69, 9.17) is 5.26 Å². The van der Waals surface area contributed by atoms with E-state index >= 15 is 0 Å². The van der Waals surface area contributed by atoms with Crippen molar-refractivity contribution in [3.05, 3.63) is 35.4 Å². The molecule has 1 aliphatic carbocycles. The number of Topliss-reactive ketones (excluding diaryl/α,β-unsaturated/α-hetero) is 1. The molecule has 0 bridgehead atoms. The highest BCUT2D eigenvalue weighted by Gasteiger charge is 2.22. The first-order valence-electron chi connectivity index (χ1n) is 6.40. The molecule has 1 aromatic carbocycles. The molecule has 0 amide bonds. The fraction of sp³-hybridized carbons (Fsp3) is 0.467. The van der Waals surface area contributed by atoms with E-state index < -0.39 is 0 Å². The molecule has 3 nitrogen and oxygen atoms in total. The molecule has 0 atom stereocenters. The van der Waals surface area contributed by atoms with Crippen LogP contribution in [-0.2, 0) is 11.3 Å². The van der Waals surface area contributed by atoms with Crippen molar-refractivity contribution < 1.29 is 4.79 Å². The van der Waals surface area contributed by atoms with Gasteiger partial charge in [0.15, 0.2) is 0 Å². The van der Waals surface area contributed by atoms with E-state index in [9.17, 15) is 4.79 Å². The van der Waals surface area contributed by atoms with E-state index in [1.165, 1.54) is 0 Å². The van der Waals surface area contributed by atoms with Crippen molar-refractivity contribution in [2.24, 2.45) is 0 Å². The van der Waals surface area contributed by atoms with Gasteiger partial charge < -0.3 is 0 Å². The third-order valence-electron chi connectivity index (χ3n) is 3.69. The Hall–Kier alpha value is -1.66. The van der Waals surface area contributed by atoms with Crippen LogP contribution in [0.5, 0.6) is 0 Å². The Morgan fingerprint density at radius 1 is 1.33 bits per heavy atom. The summed E-state index contributed by atoms with van der Waals surface area (Å²) in [5.74, 6) is 0.386. The Morgan fingerprint density at radius 2 is 2.00 bits per heavy atom. The predicted octanol–water partition coefficient (Wildman–Crippen LogP) is 2.50. The van der Waals surface area contributed by atoms with Crippen molar-refractivity contribution in [2.45, 2.75) is 38.3 Å². The van der Waals surface area contributed by atoms with E-state index in [1.807, 2.05) is 24.3 Å². The predicted molar refractivity (Wildman–Crippen MR) is 69.9 cm³/mol. The SMILES string of the molecule is CN(Cc1ccccc1C#N)C1CCC(=O)CC1. The second-order valence-electron chi connectivity index (χ2n) is 4.95. The number of carbonyl (C=O) groups excluding carboxylic acids is 1. The summed E-state index contributed by atoms with van der Waals surface area (Å²) in [6.07, 6.45) is 3.30. The molecule has 1 aromatic rings. The molecule has 0 spiro atoms. The van der Waals surface area contributed by atoms with Gasteiger partial charge in [0, 0.05) is 25.4 Å². The Morgan fingerprint density at radius 3 is 2.67 bits per heavy atom. The highest BCUT2D eigenvalue weighted by Crippen LogP contribution is 2.21. The molecule has 0 radical (unpaired) electrons. The van der Waals surface area contributed by atoms with Gasteiger partial charge in [-0.1, -0.05) is 18.2 Å². The van der Waals surface area contributed by atoms with Gasteiger partial charge in [0.25, 0.3) is 0 Å². The van der Waals surface area contributed by atoms with E-state index in [0.29, 0.717) is 24.7 Å². The van der Waals surface area contributed by atoms with Gasteiger partial charge in [-0.3, -0.25) is 9.69 Å². The lowest BCUT2D eigenvalue weighted by molar-refractivity contribution is -0.121. The standard InChI is InChI=1S/C15H18N2O/c1-17(14-6-8-15(18)9-7-14)11-13-5-3-2-4-12(13)10-16/h2-5,14H,6-9,11H2,1H3. The molecule has 0 unspecified atom stereocenters. The molecule has 1 aliphatic rings. The summed E-state index contributed by atoms with van der Waals surface area (Å²) < 4.78 is 0. The second-order valence-corrected chi connectivity index (χ2v) is 4.95. The number of hydrogen-bond acceptors (Lipinski definition) is 3. The first-order valence-corrected chi connectivity index (χ1v) is 6.40. The first-order chi connectivity index (χ1) is 8.70. The number of carbonyl (C=O) groups is 1. The normalized spacial score (nSPS) is 16.8. The molecule has 0 aliphatic heterocycles. The third kappa shape index (κ3) is 2.96. The minimum atomic E-state index is 0.386. The van der Waals surface area contributed by atoms with Crippen molar-refractivity contribution in [1.29, 1.82) is 5.26 Å². The van der Waals surface area contributed by atoms with Crippen LogP contribution in [0.1, 0.15) is 36.8 Å². The summed E-state index contributed by atoms with van der Waals surface area (Å²) in [7, 11) is 2.08. The fourth-order valence-corrected chi connectivity index (χ4v) is 2.53. The third-order valence-corrected chi connectivity index (χ3v) is 3.69. The second kappa shape index (κ2) is 5.79. The Balaban J connectivity index is 2.01. The van der Waals surface area contributed by atoms with E-state index in [1.54, 1.807) is 0 Å². The quantitative estimate of drug-likeness (QED) is 0.818. The molecular formula is C15H18N2O. The van der Waals surface area contributed by atoms with Crippen molar-refractivity contribution >= 4 is 5.78 Å². The van der Waals surface area contributed by atoms with Crippen LogP contribution < -0.4 is 0 Å². The largest absolute Gasteiger partial charge is 0.300 e. The number of nitrogens with zero attached hydrogens (tertiary/aromatic N) is 2. The Labute approximate surface area is 108 Å². The maximum absolute atomic E-state index is 11.2. The van der Waals surface area contributed by atoms with Crippen molar-refractivity contribution in [3.8, 4) is 6.07 Å². The molecule has 18 heavy (non-hydrogen) atoms. The molecule has 0 aromatic heterocycles. The molecule has 0 saturated heterocycles. The van der Waals surface area contributed by atoms with Crippen LogP contribution in [0.25, 0.3) is 0 Å². The zero-order valence-corrected chi connectivity index (χ0v) is 10.7. The zero-order chi connectivity index (χ0) is 13.0. The summed E-state index contributed by atoms with van der Waals surface area (Å²) in [6, 6.07) is 10.4. The number of ketones is 1. The van der Waals surface area contributed by atoms with Gasteiger partial charge in [0.1, 0.15) is 5.78 Å². The number of benzene rings is 1. The van der Waals surface area contributed by atoms with Crippen molar-refractivity contribution in [1.82, 2.24) is 4.90 Å². The lowest BCUT2D eigenvalue weighted by Gasteiger charge is -2.30. The van der Waals surface area contributed by atoms with Gasteiger partial charge in [-0.05, 0) is 31.5 Å². The summed E-state index contributed by atoms with van der Waals surface area (Å²) in [5.41, 5.74) is 1.82. The maximum Gasteiger partial charge on any atom is 0.133 e. The molecule has 0 heterocycles. The monoisotopic (exact) mass is 242 g/mol. The smallest absolute Gasteiger partial charge is 0.133 e. The molecule has 1 fully saturated rings. The van der Waals surface area contributed by atoms with Crippen LogP contribution in [0.2, 0.25) is 0 Å². The zero-order valence-electron chi connectivity index (χ0n) is 10.7. The fourth-order valence-electron chi connectivity index (χ4n) is 2.53. The highest BCUT2D eigenvalue weighted by molar-refractivity contribution is 5.79. The number of hydrogen-bond donors (Lipinski definition) is 0. The highest BCUT2D eigenvalue weighted by atomic mass is 16.1. The van der Waals surface area contributed by atoms with Crippen LogP contribution >= 0.6 is 0 Å². The maximum atomic E-state index is 11.2. The summed E-state index contributed by atoms with van der Waals surface area (Å²) in [5, 5.41) is 9.06. The summed E-state index contributed by atoms with van der Waals surface area (Å²) in [6.45, 7) is 0.780. The number of rotatable bonds is 3. The summed E-state index contributed by atoms with van der Waals surface area (Å²) >= 11 is 0. The van der Waals surface area contributed by atoms with Crippen molar-refractivity contribution in [2.75, 3.05) is 7.05 Å². The Bertz CT molecular complexity index is 466. The van der Waals surface area contributed by atoms with Crippen LogP contribution in [0.3, 0.4) is 0 Å². The van der Waals surface area contributed by atoms with E-state index in [0.717, 1.165) is 30.5 Å². The average molecular weight is 242 g/mol. The number of nitriles is 1. The van der Waals surface area contributed by atoms with Gasteiger partial charge in [0.2, 0.25) is 0 Å². The van der Waals surface area contributed by atoms with E-state index in [-0.39, 0.29) is 0 Å². The van der Waals surface area contributed by atoms with Gasteiger partial charge in [-0.25, -0.2) is 0 Å². The van der Waals surface area contributed by atoms with Gasteiger partial charge in [0.05, 0.1) is 11.6 Å². The Kier molecular flexibility index (Phi) is 4.11. The summed E-state index contributed by atoms with van der Waals surface area (Å²) in [4.78, 5) is 13.5. The lowest BCUT2D eigenvalue weighted by Crippen LogP contribution is -2.35. The van der Waals surface area contributed by atoms with Crippen LogP contribution in [0.4, 0.5) is 0 Å². The molecule has 94 valence electrons.